The number of aliphatic imine (C=N–C) groups is 1. The van der Waals surface area contributed by atoms with Crippen LogP contribution in [0.2, 0.25) is 0 Å². The summed E-state index contributed by atoms with van der Waals surface area (Å²) >= 11 is 0. The highest BCUT2D eigenvalue weighted by Crippen LogP contribution is 2.39. The summed E-state index contributed by atoms with van der Waals surface area (Å²) in [5.74, 6) is 1.53. The number of hydrogen-bond donors (Lipinski definition) is 2. The molecule has 31 heavy (non-hydrogen) atoms. The fourth-order valence-corrected chi connectivity index (χ4v) is 3.74. The maximum atomic E-state index is 12.8. The van der Waals surface area contributed by atoms with Crippen LogP contribution in [0.4, 0.5) is 0 Å². The molecule has 2 aromatic carbocycles. The third-order valence-corrected chi connectivity index (χ3v) is 5.27. The third kappa shape index (κ3) is 6.85. The molecular formula is C24H33IN4O2. The van der Waals surface area contributed by atoms with Gasteiger partial charge in [0.25, 0.3) is 0 Å². The van der Waals surface area contributed by atoms with Crippen molar-refractivity contribution in [3.63, 3.8) is 0 Å². The van der Waals surface area contributed by atoms with Crippen LogP contribution in [0.5, 0.6) is 5.75 Å². The molecule has 2 aromatic rings. The molecule has 0 fully saturated rings. The Morgan fingerprint density at radius 2 is 1.84 bits per heavy atom. The second kappa shape index (κ2) is 11.4. The summed E-state index contributed by atoms with van der Waals surface area (Å²) in [4.78, 5) is 18.9. The van der Waals surface area contributed by atoms with Gasteiger partial charge in [-0.1, -0.05) is 48.5 Å². The first-order valence-electron chi connectivity index (χ1n) is 10.5. The van der Waals surface area contributed by atoms with Gasteiger partial charge in [0.2, 0.25) is 5.91 Å². The van der Waals surface area contributed by atoms with E-state index in [1.807, 2.05) is 60.4 Å². The van der Waals surface area contributed by atoms with E-state index < -0.39 is 0 Å². The number of ether oxygens (including phenoxy) is 1. The number of nitrogens with one attached hydrogen (secondary N) is 2. The zero-order valence-corrected chi connectivity index (χ0v) is 21.1. The first kappa shape index (κ1) is 25.0. The Labute approximate surface area is 202 Å². The van der Waals surface area contributed by atoms with Gasteiger partial charge >= 0.3 is 0 Å². The summed E-state index contributed by atoms with van der Waals surface area (Å²) in [6.07, 6.45) is 0.799. The molecule has 2 N–H and O–H groups in total. The lowest BCUT2D eigenvalue weighted by Gasteiger charge is -2.38. The number of nitrogens with zero attached hydrogens (tertiary/aromatic N) is 2. The van der Waals surface area contributed by atoms with Gasteiger partial charge in [0, 0.05) is 32.1 Å². The Balaban J connectivity index is 0.00000341. The van der Waals surface area contributed by atoms with E-state index in [0.717, 1.165) is 23.3 Å². The number of hydrogen-bond acceptors (Lipinski definition) is 3. The van der Waals surface area contributed by atoms with Crippen LogP contribution >= 0.6 is 24.0 Å². The number of para-hydroxylation sites is 1. The highest BCUT2D eigenvalue weighted by molar-refractivity contribution is 14.0. The Hall–Kier alpha value is -2.29. The molecule has 1 heterocycles. The van der Waals surface area contributed by atoms with Crippen molar-refractivity contribution < 1.29 is 9.53 Å². The van der Waals surface area contributed by atoms with E-state index in [0.29, 0.717) is 19.0 Å². The van der Waals surface area contributed by atoms with Gasteiger partial charge in [0.1, 0.15) is 11.4 Å². The molecule has 1 aliphatic rings. The smallest absolute Gasteiger partial charge is 0.242 e. The van der Waals surface area contributed by atoms with Gasteiger partial charge in [-0.15, -0.1) is 24.0 Å². The van der Waals surface area contributed by atoms with Gasteiger partial charge in [-0.3, -0.25) is 9.79 Å². The minimum atomic E-state index is -0.282. The lowest BCUT2D eigenvalue weighted by molar-refractivity contribution is -0.130. The predicted octanol–water partition coefficient (Wildman–Crippen LogP) is 4.12. The van der Waals surface area contributed by atoms with E-state index in [4.69, 9.17) is 4.74 Å². The molecule has 0 radical (unpaired) electrons. The van der Waals surface area contributed by atoms with Crippen molar-refractivity contribution in [2.75, 3.05) is 20.1 Å². The fourth-order valence-electron chi connectivity index (χ4n) is 3.74. The van der Waals surface area contributed by atoms with Crippen LogP contribution in [-0.2, 0) is 11.3 Å². The van der Waals surface area contributed by atoms with Crippen LogP contribution in [0, 0.1) is 0 Å². The monoisotopic (exact) mass is 536 g/mol. The van der Waals surface area contributed by atoms with Gasteiger partial charge in [0.05, 0.1) is 12.6 Å². The van der Waals surface area contributed by atoms with Crippen LogP contribution < -0.4 is 15.4 Å². The molecular weight excluding hydrogens is 503 g/mol. The molecule has 0 saturated carbocycles. The Morgan fingerprint density at radius 3 is 2.52 bits per heavy atom. The van der Waals surface area contributed by atoms with Gasteiger partial charge in [-0.05, 0) is 32.4 Å². The molecule has 0 bridgehead atoms. The summed E-state index contributed by atoms with van der Waals surface area (Å²) in [6, 6.07) is 18.1. The molecule has 0 aromatic heterocycles. The highest BCUT2D eigenvalue weighted by atomic mass is 127. The Morgan fingerprint density at radius 1 is 1.16 bits per heavy atom. The minimum Gasteiger partial charge on any atom is -0.487 e. The second-order valence-electron chi connectivity index (χ2n) is 8.12. The van der Waals surface area contributed by atoms with Crippen molar-refractivity contribution in [3.8, 4) is 5.75 Å². The average Bonchev–Trinajstić information content (AvgIpc) is 2.74. The van der Waals surface area contributed by atoms with E-state index in [2.05, 4.69) is 35.5 Å². The molecule has 3 rings (SSSR count). The zero-order valence-electron chi connectivity index (χ0n) is 18.7. The Kier molecular flexibility index (Phi) is 9.15. The van der Waals surface area contributed by atoms with E-state index in [1.54, 1.807) is 7.05 Å². The standard InChI is InChI=1S/C24H32N4O2.HI/c1-5-28(17-18-11-7-6-8-12-18)22(29)16-26-23(25-4)27-20-15-24(2,3)30-21-14-10-9-13-19(20)21;/h6-14,20H,5,15-17H2,1-4H3,(H2,25,26,27);1H. The van der Waals surface area contributed by atoms with Gasteiger partial charge in [-0.25, -0.2) is 0 Å². The summed E-state index contributed by atoms with van der Waals surface area (Å²) in [6.45, 7) is 7.61. The molecule has 1 aliphatic heterocycles. The quantitative estimate of drug-likeness (QED) is 0.331. The maximum absolute atomic E-state index is 12.8. The zero-order chi connectivity index (χ0) is 21.6. The first-order valence-corrected chi connectivity index (χ1v) is 10.5. The lowest BCUT2D eigenvalue weighted by Crippen LogP contribution is -2.48. The first-order chi connectivity index (χ1) is 14.4. The molecule has 1 unspecified atom stereocenters. The summed E-state index contributed by atoms with van der Waals surface area (Å²) in [5.41, 5.74) is 1.94. The molecule has 7 heteroatoms. The third-order valence-electron chi connectivity index (χ3n) is 5.27. The summed E-state index contributed by atoms with van der Waals surface area (Å²) < 4.78 is 6.10. The summed E-state index contributed by atoms with van der Waals surface area (Å²) in [5, 5.41) is 6.65. The second-order valence-corrected chi connectivity index (χ2v) is 8.12. The van der Waals surface area contributed by atoms with Crippen molar-refractivity contribution in [2.24, 2.45) is 4.99 Å². The predicted molar refractivity (Wildman–Crippen MR) is 136 cm³/mol. The van der Waals surface area contributed by atoms with Crippen LogP contribution in [0.3, 0.4) is 0 Å². The number of amides is 1. The van der Waals surface area contributed by atoms with Crippen molar-refractivity contribution in [3.05, 3.63) is 65.7 Å². The molecule has 0 saturated heterocycles. The van der Waals surface area contributed by atoms with Crippen molar-refractivity contribution in [1.82, 2.24) is 15.5 Å². The van der Waals surface area contributed by atoms with Crippen molar-refractivity contribution in [1.29, 1.82) is 0 Å². The number of halogens is 1. The largest absolute Gasteiger partial charge is 0.487 e. The normalized spacial score (nSPS) is 16.9. The van der Waals surface area contributed by atoms with E-state index in [-0.39, 0.29) is 48.1 Å². The number of carbonyl (C=O) groups excluding carboxylic acids is 1. The van der Waals surface area contributed by atoms with Gasteiger partial charge < -0.3 is 20.3 Å². The molecule has 0 spiro atoms. The number of rotatable bonds is 6. The minimum absolute atomic E-state index is 0. The maximum Gasteiger partial charge on any atom is 0.242 e. The molecule has 0 aliphatic carbocycles. The van der Waals surface area contributed by atoms with Crippen LogP contribution in [0.25, 0.3) is 0 Å². The SMILES string of the molecule is CCN(Cc1ccccc1)C(=O)CNC(=NC)NC1CC(C)(C)Oc2ccccc21.I. The number of guanidine groups is 1. The van der Waals surface area contributed by atoms with E-state index in [9.17, 15) is 4.79 Å². The molecule has 6 nitrogen and oxygen atoms in total. The number of carbonyl (C=O) groups is 1. The lowest BCUT2D eigenvalue weighted by atomic mass is 9.90. The number of fused-ring (bicyclic) bond motifs is 1. The number of likely N-dealkylation sites (N-methyl/N-ethyl adjacent to an activating group) is 1. The highest BCUT2D eigenvalue weighted by Gasteiger charge is 2.34. The van der Waals surface area contributed by atoms with Crippen LogP contribution in [-0.4, -0.2) is 42.5 Å². The van der Waals surface area contributed by atoms with E-state index >= 15 is 0 Å². The van der Waals surface area contributed by atoms with Crippen LogP contribution in [0.15, 0.2) is 59.6 Å². The van der Waals surface area contributed by atoms with Crippen molar-refractivity contribution in [2.45, 2.75) is 45.4 Å². The molecule has 1 amide bonds. The summed E-state index contributed by atoms with van der Waals surface area (Å²) in [7, 11) is 1.72. The van der Waals surface area contributed by atoms with Crippen molar-refractivity contribution >= 4 is 35.8 Å². The fraction of sp³-hybridized carbons (Fsp3) is 0.417. The topological polar surface area (TPSA) is 66.0 Å². The average molecular weight is 536 g/mol. The Bertz CT molecular complexity index is 886. The van der Waals surface area contributed by atoms with Gasteiger partial charge in [0.15, 0.2) is 5.96 Å². The molecule has 1 atom stereocenters. The van der Waals surface area contributed by atoms with Crippen LogP contribution in [0.1, 0.15) is 44.4 Å². The molecule has 168 valence electrons. The number of benzene rings is 2. The van der Waals surface area contributed by atoms with Gasteiger partial charge in [-0.2, -0.15) is 0 Å². The van der Waals surface area contributed by atoms with E-state index in [1.165, 1.54) is 0 Å².